The van der Waals surface area contributed by atoms with E-state index in [9.17, 15) is 14.4 Å². The second kappa shape index (κ2) is 7.65. The average Bonchev–Trinajstić information content (AvgIpc) is 3.08. The van der Waals surface area contributed by atoms with Crippen LogP contribution in [-0.2, 0) is 23.9 Å². The molecular formula is C27H27ClN2O5. The lowest BCUT2D eigenvalue weighted by atomic mass is 9.64. The predicted octanol–water partition coefficient (Wildman–Crippen LogP) is 4.63. The maximum atomic E-state index is 14.1. The van der Waals surface area contributed by atoms with Crippen LogP contribution in [0.1, 0.15) is 63.3 Å². The number of hydrogen-bond donors (Lipinski definition) is 0. The maximum absolute atomic E-state index is 14.1. The number of halogens is 1. The Morgan fingerprint density at radius 3 is 2.14 bits per heavy atom. The van der Waals surface area contributed by atoms with Crippen molar-refractivity contribution in [3.05, 3.63) is 70.2 Å². The van der Waals surface area contributed by atoms with Crippen molar-refractivity contribution in [2.24, 2.45) is 15.9 Å². The van der Waals surface area contributed by atoms with Gasteiger partial charge in [-0.05, 0) is 22.8 Å². The highest BCUT2D eigenvalue weighted by Crippen LogP contribution is 2.63. The quantitative estimate of drug-likeness (QED) is 0.447. The molecular weight excluding hydrogens is 468 g/mol. The summed E-state index contributed by atoms with van der Waals surface area (Å²) in [6.45, 7) is 8.44. The number of benzene rings is 2. The zero-order valence-electron chi connectivity index (χ0n) is 20.2. The van der Waals surface area contributed by atoms with E-state index in [1.807, 2.05) is 24.3 Å². The Morgan fingerprint density at radius 2 is 1.54 bits per heavy atom. The molecule has 2 fully saturated rings. The molecule has 8 heteroatoms. The number of rotatable bonds is 2. The molecule has 3 unspecified atom stereocenters. The van der Waals surface area contributed by atoms with E-state index in [-0.39, 0.29) is 5.78 Å². The number of hydrogen-bond acceptors (Lipinski definition) is 7. The summed E-state index contributed by atoms with van der Waals surface area (Å²) in [7, 11) is 0. The lowest BCUT2D eigenvalue weighted by molar-refractivity contribution is -0.254. The van der Waals surface area contributed by atoms with Crippen LogP contribution in [0.2, 0.25) is 5.02 Å². The van der Waals surface area contributed by atoms with Gasteiger partial charge in [0.05, 0.1) is 6.21 Å². The van der Waals surface area contributed by atoms with Gasteiger partial charge in [-0.25, -0.2) is 0 Å². The van der Waals surface area contributed by atoms with E-state index in [0.29, 0.717) is 16.1 Å². The van der Waals surface area contributed by atoms with Crippen LogP contribution in [0.3, 0.4) is 0 Å². The van der Waals surface area contributed by atoms with E-state index in [0.717, 1.165) is 5.56 Å². The van der Waals surface area contributed by atoms with Crippen LogP contribution in [0.25, 0.3) is 0 Å². The summed E-state index contributed by atoms with van der Waals surface area (Å²) in [6, 6.07) is 12.4. The van der Waals surface area contributed by atoms with E-state index in [1.165, 1.54) is 13.8 Å². The van der Waals surface area contributed by atoms with Gasteiger partial charge in [0.15, 0.2) is 5.78 Å². The van der Waals surface area contributed by atoms with Gasteiger partial charge < -0.3 is 9.47 Å². The van der Waals surface area contributed by atoms with Gasteiger partial charge >= 0.3 is 11.9 Å². The number of carbonyl (C=O) groups excluding carboxylic acids is 3. The summed E-state index contributed by atoms with van der Waals surface area (Å²) in [4.78, 5) is 42.2. The van der Waals surface area contributed by atoms with Crippen molar-refractivity contribution < 1.29 is 23.9 Å². The molecule has 3 aliphatic heterocycles. The largest absolute Gasteiger partial charge is 0.422 e. The van der Waals surface area contributed by atoms with Crippen LogP contribution in [-0.4, -0.2) is 40.8 Å². The molecule has 35 heavy (non-hydrogen) atoms. The fraction of sp³-hybridized carbons (Fsp3) is 0.407. The zero-order chi connectivity index (χ0) is 25.3. The summed E-state index contributed by atoms with van der Waals surface area (Å²) in [5, 5.41) is 6.56. The number of hydrazone groups is 1. The summed E-state index contributed by atoms with van der Waals surface area (Å²) < 4.78 is 11.5. The third kappa shape index (κ3) is 3.32. The van der Waals surface area contributed by atoms with Crippen molar-refractivity contribution in [2.75, 3.05) is 0 Å². The Hall–Kier alpha value is -3.19. The standard InChI is InChI=1S/C27H27ClN2O5/c1-25(2,3)22(31)20-19(17-12-8-9-13-18(17)28)27(23(32)34-26(4,5)35-24(27)33)21-16-11-7-6-10-15(16)14-29-30(20)21/h6-14,19-21H,1-5H3. The van der Waals surface area contributed by atoms with E-state index in [2.05, 4.69) is 5.10 Å². The number of ketones is 1. The Bertz CT molecular complexity index is 1260. The van der Waals surface area contributed by atoms with Crippen molar-refractivity contribution in [2.45, 2.75) is 58.4 Å². The molecule has 0 radical (unpaired) electrons. The summed E-state index contributed by atoms with van der Waals surface area (Å²) in [5.41, 5.74) is -0.765. The zero-order valence-corrected chi connectivity index (χ0v) is 21.0. The third-order valence-corrected chi connectivity index (χ3v) is 7.35. The molecule has 3 aliphatic rings. The minimum atomic E-state index is -1.90. The first-order chi connectivity index (χ1) is 16.4. The van der Waals surface area contributed by atoms with Gasteiger partial charge in [0.2, 0.25) is 5.41 Å². The van der Waals surface area contributed by atoms with E-state index >= 15 is 0 Å². The van der Waals surface area contributed by atoms with Gasteiger partial charge in [0, 0.05) is 30.2 Å². The van der Waals surface area contributed by atoms with Crippen LogP contribution in [0.4, 0.5) is 0 Å². The first-order valence-corrected chi connectivity index (χ1v) is 11.9. The number of fused-ring (bicyclic) bond motifs is 4. The molecule has 1 spiro atoms. The fourth-order valence-electron chi connectivity index (χ4n) is 5.53. The van der Waals surface area contributed by atoms with Gasteiger partial charge in [-0.2, -0.15) is 5.10 Å². The number of esters is 2. The molecule has 0 aromatic heterocycles. The molecule has 0 amide bonds. The molecule has 2 saturated heterocycles. The van der Waals surface area contributed by atoms with Crippen LogP contribution in [0.5, 0.6) is 0 Å². The van der Waals surface area contributed by atoms with Crippen molar-refractivity contribution >= 4 is 35.5 Å². The van der Waals surface area contributed by atoms with Gasteiger partial charge in [0.1, 0.15) is 12.1 Å². The Labute approximate surface area is 209 Å². The normalized spacial score (nSPS) is 26.1. The molecule has 5 rings (SSSR count). The average molecular weight is 495 g/mol. The summed E-state index contributed by atoms with van der Waals surface area (Å²) >= 11 is 6.67. The molecule has 0 bridgehead atoms. The van der Waals surface area contributed by atoms with Gasteiger partial charge in [-0.15, -0.1) is 0 Å². The number of nitrogens with zero attached hydrogens (tertiary/aromatic N) is 2. The minimum Gasteiger partial charge on any atom is -0.422 e. The molecule has 3 heterocycles. The monoisotopic (exact) mass is 494 g/mol. The summed E-state index contributed by atoms with van der Waals surface area (Å²) in [5.74, 6) is -4.12. The van der Waals surface area contributed by atoms with Crippen molar-refractivity contribution in [1.82, 2.24) is 5.01 Å². The summed E-state index contributed by atoms with van der Waals surface area (Å²) in [6.07, 6.45) is 1.65. The number of carbonyl (C=O) groups is 3. The SMILES string of the molecule is CC1(C)OC(=O)C2(C(=O)O1)C(c1ccccc1Cl)C(C(=O)C(C)(C)C)N1N=Cc3ccccc3C12. The van der Waals surface area contributed by atoms with Crippen molar-refractivity contribution in [3.63, 3.8) is 0 Å². The topological polar surface area (TPSA) is 85.3 Å². The molecule has 2 aromatic rings. The Kier molecular flexibility index (Phi) is 5.15. The van der Waals surface area contributed by atoms with Crippen molar-refractivity contribution in [3.8, 4) is 0 Å². The molecule has 0 N–H and O–H groups in total. The van der Waals surface area contributed by atoms with E-state index < -0.39 is 46.6 Å². The van der Waals surface area contributed by atoms with Gasteiger partial charge in [0.25, 0.3) is 5.79 Å². The second-order valence-electron chi connectivity index (χ2n) is 10.8. The molecule has 0 saturated carbocycles. The minimum absolute atomic E-state index is 0.175. The molecule has 7 nitrogen and oxygen atoms in total. The first-order valence-electron chi connectivity index (χ1n) is 11.6. The maximum Gasteiger partial charge on any atom is 0.330 e. The van der Waals surface area contributed by atoms with Crippen LogP contribution in [0.15, 0.2) is 53.6 Å². The number of ether oxygens (including phenoxy) is 2. The van der Waals surface area contributed by atoms with Gasteiger partial charge in [-0.1, -0.05) is 74.8 Å². The number of Topliss-reactive ketones (excluding diaryl/α,β-unsaturated/α-hetero) is 1. The highest BCUT2D eigenvalue weighted by molar-refractivity contribution is 6.31. The Morgan fingerprint density at radius 1 is 0.971 bits per heavy atom. The molecule has 182 valence electrons. The fourth-order valence-corrected chi connectivity index (χ4v) is 5.78. The lowest BCUT2D eigenvalue weighted by Crippen LogP contribution is -2.58. The number of cyclic esters (lactones) is 2. The predicted molar refractivity (Wildman–Crippen MR) is 130 cm³/mol. The highest BCUT2D eigenvalue weighted by Gasteiger charge is 2.75. The Balaban J connectivity index is 1.87. The van der Waals surface area contributed by atoms with E-state index in [1.54, 1.807) is 56.3 Å². The van der Waals surface area contributed by atoms with E-state index in [4.69, 9.17) is 21.1 Å². The second-order valence-corrected chi connectivity index (χ2v) is 11.2. The van der Waals surface area contributed by atoms with Crippen LogP contribution < -0.4 is 0 Å². The van der Waals surface area contributed by atoms with Gasteiger partial charge in [-0.3, -0.25) is 19.4 Å². The first kappa shape index (κ1) is 23.5. The molecule has 3 atom stereocenters. The third-order valence-electron chi connectivity index (χ3n) is 7.01. The van der Waals surface area contributed by atoms with Crippen LogP contribution in [0, 0.1) is 10.8 Å². The highest BCUT2D eigenvalue weighted by atomic mass is 35.5. The molecule has 2 aromatic carbocycles. The van der Waals surface area contributed by atoms with Crippen molar-refractivity contribution in [1.29, 1.82) is 0 Å². The van der Waals surface area contributed by atoms with Crippen LogP contribution >= 0.6 is 11.6 Å². The molecule has 0 aliphatic carbocycles. The lowest BCUT2D eigenvalue weighted by Gasteiger charge is -2.44. The smallest absolute Gasteiger partial charge is 0.330 e.